The Morgan fingerprint density at radius 3 is 2.78 bits per heavy atom. The van der Waals surface area contributed by atoms with Gasteiger partial charge in [0, 0.05) is 0 Å². The monoisotopic (exact) mass is 142 g/mol. The molecule has 0 aliphatic carbocycles. The van der Waals surface area contributed by atoms with Crippen LogP contribution in [0.1, 0.15) is 20.3 Å². The molecule has 0 bridgehead atoms. The Balaban J connectivity index is 3.36. The van der Waals surface area contributed by atoms with Crippen LogP contribution in [-0.4, -0.2) is 5.75 Å². The summed E-state index contributed by atoms with van der Waals surface area (Å²) < 4.78 is 0. The number of hydrogen-bond acceptors (Lipinski definition) is 1. The van der Waals surface area contributed by atoms with Gasteiger partial charge in [-0.2, -0.15) is 0 Å². The van der Waals surface area contributed by atoms with Crippen LogP contribution in [-0.2, 0) is 0 Å². The number of rotatable bonds is 4. The minimum absolute atomic E-state index is 1.22. The lowest BCUT2D eigenvalue weighted by Crippen LogP contribution is -1.72. The molecule has 0 spiro atoms. The first kappa shape index (κ1) is 8.83. The third-order valence-corrected chi connectivity index (χ3v) is 2.09. The zero-order valence-electron chi connectivity index (χ0n) is 6.18. The molecule has 0 saturated heterocycles. The van der Waals surface area contributed by atoms with Crippen LogP contribution in [0.2, 0.25) is 0 Å². The predicted octanol–water partition coefficient (Wildman–Crippen LogP) is 3.22. The zero-order chi connectivity index (χ0) is 7.11. The molecular weight excluding hydrogens is 128 g/mol. The van der Waals surface area contributed by atoms with Crippen molar-refractivity contribution in [1.82, 2.24) is 0 Å². The van der Waals surface area contributed by atoms with E-state index in [1.807, 2.05) is 23.9 Å². The first-order chi connectivity index (χ1) is 4.31. The average molecular weight is 142 g/mol. The molecule has 0 aliphatic rings. The van der Waals surface area contributed by atoms with Crippen LogP contribution in [0.3, 0.4) is 0 Å². The fraction of sp³-hybridized carbons (Fsp3) is 0.500. The van der Waals surface area contributed by atoms with Gasteiger partial charge in [-0.25, -0.2) is 0 Å². The second-order valence-corrected chi connectivity index (χ2v) is 3.20. The van der Waals surface area contributed by atoms with E-state index < -0.39 is 0 Å². The second kappa shape index (κ2) is 5.96. The summed E-state index contributed by atoms with van der Waals surface area (Å²) in [6.07, 6.45) is 5.12. The Kier molecular flexibility index (Phi) is 5.85. The van der Waals surface area contributed by atoms with Gasteiger partial charge in [0.1, 0.15) is 0 Å². The second-order valence-electron chi connectivity index (χ2n) is 1.86. The van der Waals surface area contributed by atoms with Crippen molar-refractivity contribution in [2.24, 2.45) is 0 Å². The molecule has 0 aromatic carbocycles. The van der Waals surface area contributed by atoms with Crippen molar-refractivity contribution in [3.63, 3.8) is 0 Å². The lowest BCUT2D eigenvalue weighted by Gasteiger charge is -1.94. The predicted molar refractivity (Wildman–Crippen MR) is 46.7 cm³/mol. The molecule has 0 saturated carbocycles. The molecule has 0 aliphatic heterocycles. The molecule has 0 N–H and O–H groups in total. The lowest BCUT2D eigenvalue weighted by molar-refractivity contribution is 1.11. The molecule has 0 nitrogen and oxygen atoms in total. The number of thioether (sulfide) groups is 1. The van der Waals surface area contributed by atoms with E-state index in [-0.39, 0.29) is 0 Å². The van der Waals surface area contributed by atoms with Crippen molar-refractivity contribution in [3.05, 3.63) is 23.6 Å². The molecule has 0 radical (unpaired) electrons. The third-order valence-electron chi connectivity index (χ3n) is 0.886. The minimum Gasteiger partial charge on any atom is -0.131 e. The Hall–Kier alpha value is -0.170. The van der Waals surface area contributed by atoms with E-state index in [0.29, 0.717) is 0 Å². The third kappa shape index (κ3) is 5.71. The highest BCUT2D eigenvalue weighted by molar-refractivity contribution is 8.03. The quantitative estimate of drug-likeness (QED) is 0.543. The maximum atomic E-state index is 3.62. The SMILES string of the molecule is C=C/C=C(/C)SCCC. The molecule has 52 valence electrons. The topological polar surface area (TPSA) is 0 Å². The number of hydrogen-bond donors (Lipinski definition) is 0. The zero-order valence-corrected chi connectivity index (χ0v) is 7.00. The Morgan fingerprint density at radius 2 is 2.33 bits per heavy atom. The van der Waals surface area contributed by atoms with Gasteiger partial charge >= 0.3 is 0 Å². The highest BCUT2D eigenvalue weighted by Crippen LogP contribution is 2.14. The molecule has 0 rings (SSSR count). The van der Waals surface area contributed by atoms with Crippen LogP contribution in [0.25, 0.3) is 0 Å². The van der Waals surface area contributed by atoms with E-state index >= 15 is 0 Å². The average Bonchev–Trinajstić information content (AvgIpc) is 1.85. The maximum absolute atomic E-state index is 3.62. The highest BCUT2D eigenvalue weighted by atomic mass is 32.2. The summed E-state index contributed by atoms with van der Waals surface area (Å²) in [7, 11) is 0. The molecule has 0 amide bonds. The standard InChI is InChI=1S/C8H14S/c1-4-6-8(3)9-7-5-2/h4,6H,1,5,7H2,2-3H3/b8-6-. The van der Waals surface area contributed by atoms with Crippen LogP contribution < -0.4 is 0 Å². The van der Waals surface area contributed by atoms with Crippen LogP contribution in [0.4, 0.5) is 0 Å². The lowest BCUT2D eigenvalue weighted by atomic mass is 10.5. The van der Waals surface area contributed by atoms with Crippen molar-refractivity contribution < 1.29 is 0 Å². The van der Waals surface area contributed by atoms with Gasteiger partial charge in [0.25, 0.3) is 0 Å². The summed E-state index contributed by atoms with van der Waals surface area (Å²) in [5.41, 5.74) is 0. The fourth-order valence-corrected chi connectivity index (χ4v) is 1.20. The van der Waals surface area contributed by atoms with E-state index in [1.54, 1.807) is 0 Å². The van der Waals surface area contributed by atoms with E-state index in [2.05, 4.69) is 20.4 Å². The van der Waals surface area contributed by atoms with Crippen LogP contribution in [0.5, 0.6) is 0 Å². The molecule has 0 heterocycles. The molecule has 0 unspecified atom stereocenters. The van der Waals surface area contributed by atoms with E-state index in [4.69, 9.17) is 0 Å². The van der Waals surface area contributed by atoms with Crippen LogP contribution >= 0.6 is 11.8 Å². The minimum atomic E-state index is 1.22. The summed E-state index contributed by atoms with van der Waals surface area (Å²) in [6, 6.07) is 0. The summed E-state index contributed by atoms with van der Waals surface area (Å²) in [6.45, 7) is 7.92. The van der Waals surface area contributed by atoms with Crippen molar-refractivity contribution >= 4 is 11.8 Å². The van der Waals surface area contributed by atoms with Gasteiger partial charge in [0.15, 0.2) is 0 Å². The normalized spacial score (nSPS) is 11.6. The largest absolute Gasteiger partial charge is 0.131 e. The molecule has 0 aromatic rings. The number of allylic oxidation sites excluding steroid dienone is 3. The van der Waals surface area contributed by atoms with Gasteiger partial charge < -0.3 is 0 Å². The molecular formula is C8H14S. The maximum Gasteiger partial charge on any atom is -0.00260 e. The van der Waals surface area contributed by atoms with Gasteiger partial charge in [-0.3, -0.25) is 0 Å². The van der Waals surface area contributed by atoms with Gasteiger partial charge in [-0.05, 0) is 24.0 Å². The van der Waals surface area contributed by atoms with Gasteiger partial charge in [0.2, 0.25) is 0 Å². The smallest absolute Gasteiger partial charge is 0.00260 e. The van der Waals surface area contributed by atoms with E-state index in [9.17, 15) is 0 Å². The van der Waals surface area contributed by atoms with Crippen LogP contribution in [0.15, 0.2) is 23.6 Å². The van der Waals surface area contributed by atoms with Gasteiger partial charge in [-0.15, -0.1) is 11.8 Å². The Bertz CT molecular complexity index is 103. The van der Waals surface area contributed by atoms with Crippen molar-refractivity contribution in [3.8, 4) is 0 Å². The van der Waals surface area contributed by atoms with Gasteiger partial charge in [-0.1, -0.05) is 25.7 Å². The molecule has 0 atom stereocenters. The summed E-state index contributed by atoms with van der Waals surface area (Å²) in [5.74, 6) is 1.22. The van der Waals surface area contributed by atoms with E-state index in [0.717, 1.165) is 0 Å². The summed E-state index contributed by atoms with van der Waals surface area (Å²) in [5, 5.41) is 0. The molecule has 9 heavy (non-hydrogen) atoms. The fourth-order valence-electron chi connectivity index (χ4n) is 0.477. The molecule has 1 heteroatoms. The first-order valence-corrected chi connectivity index (χ1v) is 4.22. The Labute approximate surface area is 62.0 Å². The first-order valence-electron chi connectivity index (χ1n) is 3.23. The highest BCUT2D eigenvalue weighted by Gasteiger charge is 1.84. The summed E-state index contributed by atoms with van der Waals surface area (Å²) in [4.78, 5) is 1.35. The summed E-state index contributed by atoms with van der Waals surface area (Å²) >= 11 is 1.89. The Morgan fingerprint density at radius 1 is 1.67 bits per heavy atom. The molecule has 0 aromatic heterocycles. The van der Waals surface area contributed by atoms with Crippen LogP contribution in [0, 0.1) is 0 Å². The van der Waals surface area contributed by atoms with Gasteiger partial charge in [0.05, 0.1) is 0 Å². The van der Waals surface area contributed by atoms with Crippen molar-refractivity contribution in [1.29, 1.82) is 0 Å². The van der Waals surface area contributed by atoms with Crippen molar-refractivity contribution in [2.45, 2.75) is 20.3 Å². The van der Waals surface area contributed by atoms with E-state index in [1.165, 1.54) is 17.1 Å². The molecule has 0 fully saturated rings. The van der Waals surface area contributed by atoms with Crippen molar-refractivity contribution in [2.75, 3.05) is 5.75 Å².